The second-order valence-electron chi connectivity index (χ2n) is 4.36. The standard InChI is InChI=1S/C13H16BrNO4/c1-18-10-2-3-11(14)9(6-10)7-15-4-5-19-8-12(15)13(16)17/h2-3,6,12H,4-5,7-8H2,1H3,(H,16,17). The third-order valence-corrected chi connectivity index (χ3v) is 3.92. The number of ether oxygens (including phenoxy) is 2. The summed E-state index contributed by atoms with van der Waals surface area (Å²) in [7, 11) is 1.61. The van der Waals surface area contributed by atoms with E-state index in [2.05, 4.69) is 15.9 Å². The largest absolute Gasteiger partial charge is 0.497 e. The van der Waals surface area contributed by atoms with Gasteiger partial charge in [0.1, 0.15) is 11.8 Å². The van der Waals surface area contributed by atoms with Gasteiger partial charge in [-0.15, -0.1) is 0 Å². The van der Waals surface area contributed by atoms with Crippen LogP contribution in [0.15, 0.2) is 22.7 Å². The average molecular weight is 330 g/mol. The van der Waals surface area contributed by atoms with E-state index in [-0.39, 0.29) is 6.61 Å². The van der Waals surface area contributed by atoms with E-state index >= 15 is 0 Å². The van der Waals surface area contributed by atoms with Crippen LogP contribution in [0.3, 0.4) is 0 Å². The van der Waals surface area contributed by atoms with E-state index in [0.29, 0.717) is 19.7 Å². The summed E-state index contributed by atoms with van der Waals surface area (Å²) in [6, 6.07) is 5.09. The van der Waals surface area contributed by atoms with Gasteiger partial charge in [-0.25, -0.2) is 0 Å². The summed E-state index contributed by atoms with van der Waals surface area (Å²) >= 11 is 3.48. The van der Waals surface area contributed by atoms with Gasteiger partial charge in [-0.2, -0.15) is 0 Å². The maximum absolute atomic E-state index is 11.2. The van der Waals surface area contributed by atoms with Gasteiger partial charge in [0.05, 0.1) is 20.3 Å². The zero-order valence-electron chi connectivity index (χ0n) is 10.6. The lowest BCUT2D eigenvalue weighted by Crippen LogP contribution is -2.49. The fourth-order valence-electron chi connectivity index (χ4n) is 2.07. The van der Waals surface area contributed by atoms with E-state index < -0.39 is 12.0 Å². The average Bonchev–Trinajstić information content (AvgIpc) is 2.41. The topological polar surface area (TPSA) is 59.0 Å². The molecule has 0 spiro atoms. The van der Waals surface area contributed by atoms with Crippen molar-refractivity contribution < 1.29 is 19.4 Å². The predicted octanol–water partition coefficient (Wildman–Crippen LogP) is 1.74. The van der Waals surface area contributed by atoms with Crippen LogP contribution in [0.25, 0.3) is 0 Å². The summed E-state index contributed by atoms with van der Waals surface area (Å²) < 4.78 is 11.4. The molecular weight excluding hydrogens is 314 g/mol. The number of carbonyl (C=O) groups is 1. The Morgan fingerprint density at radius 2 is 2.42 bits per heavy atom. The summed E-state index contributed by atoms with van der Waals surface area (Å²) in [5.41, 5.74) is 1.01. The molecule has 1 aliphatic rings. The first-order valence-electron chi connectivity index (χ1n) is 5.99. The summed E-state index contributed by atoms with van der Waals surface area (Å²) in [5.74, 6) is -0.0861. The molecule has 1 atom stereocenters. The van der Waals surface area contributed by atoms with Crippen LogP contribution in [0.4, 0.5) is 0 Å². The van der Waals surface area contributed by atoms with Crippen molar-refractivity contribution in [3.63, 3.8) is 0 Å². The molecule has 0 aromatic heterocycles. The molecule has 1 N–H and O–H groups in total. The van der Waals surface area contributed by atoms with Crippen molar-refractivity contribution >= 4 is 21.9 Å². The van der Waals surface area contributed by atoms with Crippen LogP contribution < -0.4 is 4.74 Å². The smallest absolute Gasteiger partial charge is 0.323 e. The Hall–Kier alpha value is -1.11. The second-order valence-corrected chi connectivity index (χ2v) is 5.21. The molecule has 0 aliphatic carbocycles. The van der Waals surface area contributed by atoms with Crippen molar-refractivity contribution in [3.05, 3.63) is 28.2 Å². The van der Waals surface area contributed by atoms with E-state index in [4.69, 9.17) is 9.47 Å². The molecule has 1 aliphatic heterocycles. The summed E-state index contributed by atoms with van der Waals surface area (Å²) in [6.07, 6.45) is 0. The van der Waals surface area contributed by atoms with E-state index in [1.807, 2.05) is 23.1 Å². The number of aliphatic carboxylic acids is 1. The molecule has 104 valence electrons. The molecule has 0 radical (unpaired) electrons. The van der Waals surface area contributed by atoms with Crippen molar-refractivity contribution in [1.82, 2.24) is 4.90 Å². The number of hydrogen-bond acceptors (Lipinski definition) is 4. The highest BCUT2D eigenvalue weighted by Gasteiger charge is 2.29. The Morgan fingerprint density at radius 3 is 3.11 bits per heavy atom. The van der Waals surface area contributed by atoms with Crippen LogP contribution >= 0.6 is 15.9 Å². The van der Waals surface area contributed by atoms with E-state index in [1.165, 1.54) is 0 Å². The zero-order valence-corrected chi connectivity index (χ0v) is 12.2. The van der Waals surface area contributed by atoms with Crippen LogP contribution in [-0.2, 0) is 16.1 Å². The van der Waals surface area contributed by atoms with Crippen molar-refractivity contribution in [3.8, 4) is 5.75 Å². The first-order chi connectivity index (χ1) is 9.11. The van der Waals surface area contributed by atoms with Crippen LogP contribution in [0, 0.1) is 0 Å². The molecule has 5 nitrogen and oxygen atoms in total. The normalized spacial score (nSPS) is 20.2. The minimum atomic E-state index is -0.848. The molecule has 2 rings (SSSR count). The van der Waals surface area contributed by atoms with Gasteiger partial charge in [0.25, 0.3) is 0 Å². The quantitative estimate of drug-likeness (QED) is 0.911. The molecule has 0 amide bonds. The molecular formula is C13H16BrNO4. The van der Waals surface area contributed by atoms with Gasteiger partial charge in [0.15, 0.2) is 0 Å². The first-order valence-corrected chi connectivity index (χ1v) is 6.78. The Bertz CT molecular complexity index is 466. The summed E-state index contributed by atoms with van der Waals surface area (Å²) in [4.78, 5) is 13.1. The van der Waals surface area contributed by atoms with Crippen LogP contribution in [0.5, 0.6) is 5.75 Å². The van der Waals surface area contributed by atoms with Gasteiger partial charge in [-0.3, -0.25) is 9.69 Å². The fourth-order valence-corrected chi connectivity index (χ4v) is 2.44. The zero-order chi connectivity index (χ0) is 13.8. The summed E-state index contributed by atoms with van der Waals surface area (Å²) in [5, 5.41) is 9.20. The number of nitrogens with zero attached hydrogens (tertiary/aromatic N) is 1. The van der Waals surface area contributed by atoms with Gasteiger partial charge in [0, 0.05) is 17.6 Å². The molecule has 1 saturated heterocycles. The summed E-state index contributed by atoms with van der Waals surface area (Å²) in [6.45, 7) is 1.96. The van der Waals surface area contributed by atoms with Crippen molar-refractivity contribution in [2.75, 3.05) is 26.9 Å². The number of benzene rings is 1. The van der Waals surface area contributed by atoms with Gasteiger partial charge in [0.2, 0.25) is 0 Å². The molecule has 1 aromatic rings. The molecule has 1 aromatic carbocycles. The van der Waals surface area contributed by atoms with Crippen LogP contribution in [-0.4, -0.2) is 48.9 Å². The lowest BCUT2D eigenvalue weighted by molar-refractivity contribution is -0.150. The molecule has 0 saturated carbocycles. The van der Waals surface area contributed by atoms with Crippen LogP contribution in [0.1, 0.15) is 5.56 Å². The lowest BCUT2D eigenvalue weighted by atomic mass is 10.1. The van der Waals surface area contributed by atoms with Gasteiger partial charge in [-0.1, -0.05) is 15.9 Å². The van der Waals surface area contributed by atoms with Gasteiger partial charge >= 0.3 is 5.97 Å². The van der Waals surface area contributed by atoms with Crippen molar-refractivity contribution in [2.24, 2.45) is 0 Å². The predicted molar refractivity (Wildman–Crippen MR) is 73.3 cm³/mol. The Balaban J connectivity index is 2.16. The first kappa shape index (κ1) is 14.3. The van der Waals surface area contributed by atoms with Crippen molar-refractivity contribution in [2.45, 2.75) is 12.6 Å². The van der Waals surface area contributed by atoms with Gasteiger partial charge in [-0.05, 0) is 23.8 Å². The minimum absolute atomic E-state index is 0.233. The highest BCUT2D eigenvalue weighted by atomic mass is 79.9. The van der Waals surface area contributed by atoms with E-state index in [1.54, 1.807) is 7.11 Å². The molecule has 1 unspecified atom stereocenters. The number of methoxy groups -OCH3 is 1. The lowest BCUT2D eigenvalue weighted by Gasteiger charge is -2.33. The molecule has 1 heterocycles. The Morgan fingerprint density at radius 1 is 1.63 bits per heavy atom. The van der Waals surface area contributed by atoms with Crippen molar-refractivity contribution in [1.29, 1.82) is 0 Å². The highest BCUT2D eigenvalue weighted by molar-refractivity contribution is 9.10. The monoisotopic (exact) mass is 329 g/mol. The maximum Gasteiger partial charge on any atom is 0.323 e. The number of morpholine rings is 1. The fraction of sp³-hybridized carbons (Fsp3) is 0.462. The van der Waals surface area contributed by atoms with Crippen LogP contribution in [0.2, 0.25) is 0 Å². The second kappa shape index (κ2) is 6.36. The number of halogens is 1. The number of hydrogen-bond donors (Lipinski definition) is 1. The number of carboxylic acids is 1. The third kappa shape index (κ3) is 3.46. The minimum Gasteiger partial charge on any atom is -0.497 e. The molecule has 0 bridgehead atoms. The molecule has 1 fully saturated rings. The Labute approximate surface area is 120 Å². The molecule has 19 heavy (non-hydrogen) atoms. The highest BCUT2D eigenvalue weighted by Crippen LogP contribution is 2.25. The number of carboxylic acid groups (broad SMARTS) is 1. The maximum atomic E-state index is 11.2. The van der Waals surface area contributed by atoms with E-state index in [0.717, 1.165) is 15.8 Å². The third-order valence-electron chi connectivity index (χ3n) is 3.15. The number of rotatable bonds is 4. The molecule has 6 heteroatoms. The SMILES string of the molecule is COc1ccc(Br)c(CN2CCOCC2C(=O)O)c1. The Kier molecular flexibility index (Phi) is 4.79. The van der Waals surface area contributed by atoms with E-state index in [9.17, 15) is 9.90 Å². The van der Waals surface area contributed by atoms with Gasteiger partial charge < -0.3 is 14.6 Å².